The topological polar surface area (TPSA) is 35.2 Å². The summed E-state index contributed by atoms with van der Waals surface area (Å²) in [5.74, 6) is 1.50. The van der Waals surface area contributed by atoms with Gasteiger partial charge in [-0.2, -0.15) is 0 Å². The van der Waals surface area contributed by atoms with Crippen LogP contribution in [0, 0.1) is 6.92 Å². The number of aryl methyl sites for hydroxylation is 1. The highest BCUT2D eigenvalue weighted by Gasteiger charge is 2.12. The minimum atomic E-state index is 0.119. The van der Waals surface area contributed by atoms with Gasteiger partial charge in [0.1, 0.15) is 11.5 Å². The zero-order valence-electron chi connectivity index (χ0n) is 11.9. The number of halogens is 1. The summed E-state index contributed by atoms with van der Waals surface area (Å²) in [7, 11) is 0. The Labute approximate surface area is 125 Å². The molecule has 106 valence electrons. The fraction of sp³-hybridized carbons (Fsp3) is 0.294. The van der Waals surface area contributed by atoms with Crippen LogP contribution in [0.2, 0.25) is 5.02 Å². The van der Waals surface area contributed by atoms with Gasteiger partial charge in [-0.3, -0.25) is 0 Å². The maximum absolute atomic E-state index is 6.27. The lowest BCUT2D eigenvalue weighted by molar-refractivity contribution is 0.472. The number of benzene rings is 2. The summed E-state index contributed by atoms with van der Waals surface area (Å²) in [6, 6.07) is 13.8. The van der Waals surface area contributed by atoms with Crippen LogP contribution in [-0.2, 0) is 6.42 Å². The fourth-order valence-electron chi connectivity index (χ4n) is 1.98. The highest BCUT2D eigenvalue weighted by atomic mass is 35.5. The molecular formula is C17H20ClNO. The third kappa shape index (κ3) is 3.75. The van der Waals surface area contributed by atoms with Crippen molar-refractivity contribution in [3.05, 3.63) is 58.6 Å². The monoisotopic (exact) mass is 289 g/mol. The zero-order valence-corrected chi connectivity index (χ0v) is 12.7. The molecule has 0 bridgehead atoms. The summed E-state index contributed by atoms with van der Waals surface area (Å²) in [6.45, 7) is 4.13. The molecule has 1 atom stereocenters. The molecule has 0 radical (unpaired) electrons. The van der Waals surface area contributed by atoms with E-state index in [1.54, 1.807) is 0 Å². The molecule has 0 amide bonds. The molecule has 0 aliphatic heterocycles. The fourth-order valence-corrected chi connectivity index (χ4v) is 2.21. The van der Waals surface area contributed by atoms with Crippen LogP contribution in [0.5, 0.6) is 11.5 Å². The van der Waals surface area contributed by atoms with Crippen molar-refractivity contribution in [2.24, 2.45) is 5.73 Å². The molecule has 20 heavy (non-hydrogen) atoms. The van der Waals surface area contributed by atoms with Crippen LogP contribution in [0.25, 0.3) is 0 Å². The summed E-state index contributed by atoms with van der Waals surface area (Å²) in [6.07, 6.45) is 1.69. The molecule has 2 nitrogen and oxygen atoms in total. The van der Waals surface area contributed by atoms with E-state index in [0.29, 0.717) is 10.8 Å². The van der Waals surface area contributed by atoms with E-state index in [2.05, 4.69) is 6.92 Å². The van der Waals surface area contributed by atoms with E-state index in [1.807, 2.05) is 49.4 Å². The second-order valence-electron chi connectivity index (χ2n) is 5.02. The molecule has 0 aromatic heterocycles. The molecule has 2 aromatic carbocycles. The minimum absolute atomic E-state index is 0.119. The highest BCUT2D eigenvalue weighted by molar-refractivity contribution is 6.32. The summed E-state index contributed by atoms with van der Waals surface area (Å²) < 4.78 is 5.95. The Bertz CT molecular complexity index is 566. The molecule has 2 aromatic rings. The first kappa shape index (κ1) is 14.9. The van der Waals surface area contributed by atoms with Gasteiger partial charge in [-0.25, -0.2) is 0 Å². The molecule has 0 saturated heterocycles. The first-order valence-electron chi connectivity index (χ1n) is 6.87. The number of para-hydroxylation sites is 1. The van der Waals surface area contributed by atoms with Gasteiger partial charge in [-0.1, -0.05) is 48.4 Å². The molecule has 1 unspecified atom stereocenters. The lowest BCUT2D eigenvalue weighted by atomic mass is 10.0. The van der Waals surface area contributed by atoms with Crippen molar-refractivity contribution in [1.82, 2.24) is 0 Å². The van der Waals surface area contributed by atoms with Gasteiger partial charge in [0, 0.05) is 6.04 Å². The molecular weight excluding hydrogens is 270 g/mol. The molecule has 3 heteroatoms. The van der Waals surface area contributed by atoms with Crippen molar-refractivity contribution in [3.63, 3.8) is 0 Å². The molecule has 2 N–H and O–H groups in total. The van der Waals surface area contributed by atoms with E-state index in [1.165, 1.54) is 5.56 Å². The Morgan fingerprint density at radius 3 is 2.50 bits per heavy atom. The lowest BCUT2D eigenvalue weighted by Gasteiger charge is -2.15. The van der Waals surface area contributed by atoms with Crippen molar-refractivity contribution in [2.75, 3.05) is 0 Å². The standard InChI is InChI=1S/C17H20ClNO/c1-3-14(19)11-13-5-4-6-16(18)17(13)20-15-9-7-12(2)8-10-15/h4-10,14H,3,11,19H2,1-2H3. The summed E-state index contributed by atoms with van der Waals surface area (Å²) in [5.41, 5.74) is 8.29. The van der Waals surface area contributed by atoms with E-state index in [4.69, 9.17) is 22.1 Å². The predicted molar refractivity (Wildman–Crippen MR) is 84.7 cm³/mol. The van der Waals surface area contributed by atoms with Crippen LogP contribution < -0.4 is 10.5 Å². The average molecular weight is 290 g/mol. The number of rotatable bonds is 5. The molecule has 0 fully saturated rings. The summed E-state index contributed by atoms with van der Waals surface area (Å²) in [4.78, 5) is 0. The van der Waals surface area contributed by atoms with Crippen molar-refractivity contribution in [1.29, 1.82) is 0 Å². The van der Waals surface area contributed by atoms with E-state index >= 15 is 0 Å². The van der Waals surface area contributed by atoms with Gasteiger partial charge < -0.3 is 10.5 Å². The normalized spacial score (nSPS) is 12.2. The third-order valence-electron chi connectivity index (χ3n) is 3.30. The number of nitrogens with two attached hydrogens (primary N) is 1. The average Bonchev–Trinajstić information content (AvgIpc) is 2.44. The van der Waals surface area contributed by atoms with Crippen LogP contribution in [-0.4, -0.2) is 6.04 Å². The van der Waals surface area contributed by atoms with Crippen LogP contribution in [0.1, 0.15) is 24.5 Å². The predicted octanol–water partition coefficient (Wildman–Crippen LogP) is 4.72. The van der Waals surface area contributed by atoms with E-state index in [-0.39, 0.29) is 6.04 Å². The quantitative estimate of drug-likeness (QED) is 0.864. The summed E-state index contributed by atoms with van der Waals surface area (Å²) >= 11 is 6.27. The van der Waals surface area contributed by atoms with Gasteiger partial charge in [0.25, 0.3) is 0 Å². The number of hydrogen-bond acceptors (Lipinski definition) is 2. The number of ether oxygens (including phenoxy) is 1. The van der Waals surface area contributed by atoms with Crippen LogP contribution in [0.3, 0.4) is 0 Å². The van der Waals surface area contributed by atoms with Gasteiger partial charge in [-0.05, 0) is 43.5 Å². The first-order valence-corrected chi connectivity index (χ1v) is 7.25. The summed E-state index contributed by atoms with van der Waals surface area (Å²) in [5, 5.41) is 0.617. The van der Waals surface area contributed by atoms with Crippen molar-refractivity contribution in [2.45, 2.75) is 32.7 Å². The molecule has 0 aliphatic rings. The van der Waals surface area contributed by atoms with Crippen LogP contribution in [0.15, 0.2) is 42.5 Å². The van der Waals surface area contributed by atoms with Gasteiger partial charge in [0.05, 0.1) is 5.02 Å². The first-order chi connectivity index (χ1) is 9.60. The Morgan fingerprint density at radius 2 is 1.85 bits per heavy atom. The SMILES string of the molecule is CCC(N)Cc1cccc(Cl)c1Oc1ccc(C)cc1. The largest absolute Gasteiger partial charge is 0.456 e. The second kappa shape index (κ2) is 6.78. The Hall–Kier alpha value is -1.51. The number of hydrogen-bond donors (Lipinski definition) is 1. The third-order valence-corrected chi connectivity index (χ3v) is 3.59. The molecule has 0 aliphatic carbocycles. The molecule has 2 rings (SSSR count). The highest BCUT2D eigenvalue weighted by Crippen LogP contribution is 2.33. The van der Waals surface area contributed by atoms with Crippen molar-refractivity contribution >= 4 is 11.6 Å². The molecule has 0 heterocycles. The van der Waals surface area contributed by atoms with Gasteiger partial charge in [0.2, 0.25) is 0 Å². The van der Waals surface area contributed by atoms with Crippen molar-refractivity contribution < 1.29 is 4.74 Å². The maximum atomic E-state index is 6.27. The Balaban J connectivity index is 2.27. The van der Waals surface area contributed by atoms with Gasteiger partial charge in [-0.15, -0.1) is 0 Å². The second-order valence-corrected chi connectivity index (χ2v) is 5.42. The molecule has 0 saturated carbocycles. The van der Waals surface area contributed by atoms with E-state index < -0.39 is 0 Å². The smallest absolute Gasteiger partial charge is 0.149 e. The lowest BCUT2D eigenvalue weighted by Crippen LogP contribution is -2.21. The van der Waals surface area contributed by atoms with E-state index in [9.17, 15) is 0 Å². The maximum Gasteiger partial charge on any atom is 0.149 e. The Morgan fingerprint density at radius 1 is 1.15 bits per heavy atom. The van der Waals surface area contributed by atoms with Gasteiger partial charge >= 0.3 is 0 Å². The molecule has 0 spiro atoms. The van der Waals surface area contributed by atoms with Gasteiger partial charge in [0.15, 0.2) is 0 Å². The zero-order chi connectivity index (χ0) is 14.5. The van der Waals surface area contributed by atoms with E-state index in [0.717, 1.165) is 24.2 Å². The Kier molecular flexibility index (Phi) is 5.05. The van der Waals surface area contributed by atoms with Crippen LogP contribution in [0.4, 0.5) is 0 Å². The minimum Gasteiger partial charge on any atom is -0.456 e. The van der Waals surface area contributed by atoms with Crippen LogP contribution >= 0.6 is 11.6 Å². The van der Waals surface area contributed by atoms with Crippen molar-refractivity contribution in [3.8, 4) is 11.5 Å².